The standard InChI is InChI=1S/C10H14N2O3/c1-10(2)6-3-8(10)7(5-12(14)15)9(4-6)11-13/h5-6,8,13H,3-4H2,1-2H3/b7-5+,11-9+. The van der Waals surface area contributed by atoms with Crippen LogP contribution in [0.5, 0.6) is 0 Å². The molecule has 82 valence electrons. The first-order valence-corrected chi connectivity index (χ1v) is 5.03. The van der Waals surface area contributed by atoms with Gasteiger partial charge in [-0.2, -0.15) is 0 Å². The SMILES string of the molecule is CC1(C)C2CC(=N\O)/C(=C/[N+](=O)[O-])C1C2. The predicted molar refractivity (Wildman–Crippen MR) is 54.3 cm³/mol. The van der Waals surface area contributed by atoms with Crippen LogP contribution in [0.4, 0.5) is 0 Å². The average molecular weight is 210 g/mol. The van der Waals surface area contributed by atoms with Crippen LogP contribution in [-0.2, 0) is 0 Å². The summed E-state index contributed by atoms with van der Waals surface area (Å²) in [6.45, 7) is 4.24. The van der Waals surface area contributed by atoms with Crippen molar-refractivity contribution in [3.05, 3.63) is 21.9 Å². The van der Waals surface area contributed by atoms with E-state index < -0.39 is 4.92 Å². The van der Waals surface area contributed by atoms with Crippen molar-refractivity contribution in [3.8, 4) is 0 Å². The molecule has 2 bridgehead atoms. The number of allylic oxidation sites excluding steroid dienone is 1. The topological polar surface area (TPSA) is 75.7 Å². The number of nitro groups is 1. The Morgan fingerprint density at radius 3 is 2.80 bits per heavy atom. The minimum absolute atomic E-state index is 0.107. The highest BCUT2D eigenvalue weighted by Gasteiger charge is 2.55. The van der Waals surface area contributed by atoms with E-state index in [0.29, 0.717) is 23.6 Å². The molecule has 0 aliphatic heterocycles. The Balaban J connectivity index is 2.36. The van der Waals surface area contributed by atoms with Gasteiger partial charge in [0, 0.05) is 0 Å². The lowest BCUT2D eigenvalue weighted by atomic mass is 9.47. The normalized spacial score (nSPS) is 37.7. The van der Waals surface area contributed by atoms with Crippen molar-refractivity contribution in [1.29, 1.82) is 0 Å². The molecule has 1 N–H and O–H groups in total. The van der Waals surface area contributed by atoms with E-state index in [1.165, 1.54) is 0 Å². The van der Waals surface area contributed by atoms with Crippen molar-refractivity contribution in [2.45, 2.75) is 26.7 Å². The third-order valence-electron chi connectivity index (χ3n) is 3.98. The first-order chi connectivity index (χ1) is 6.96. The molecule has 2 atom stereocenters. The smallest absolute Gasteiger partial charge is 0.239 e. The van der Waals surface area contributed by atoms with Crippen molar-refractivity contribution in [2.24, 2.45) is 22.4 Å². The van der Waals surface area contributed by atoms with Gasteiger partial charge in [-0.1, -0.05) is 19.0 Å². The maximum atomic E-state index is 10.5. The highest BCUT2D eigenvalue weighted by atomic mass is 16.6. The fraction of sp³-hybridized carbons (Fsp3) is 0.700. The minimum atomic E-state index is -0.463. The van der Waals surface area contributed by atoms with E-state index in [2.05, 4.69) is 19.0 Å². The van der Waals surface area contributed by atoms with E-state index >= 15 is 0 Å². The molecule has 3 rings (SSSR count). The maximum absolute atomic E-state index is 10.5. The molecule has 0 aromatic heterocycles. The molecule has 0 amide bonds. The Morgan fingerprint density at radius 1 is 1.67 bits per heavy atom. The highest BCUT2D eigenvalue weighted by Crippen LogP contribution is 2.60. The average Bonchev–Trinajstić information content (AvgIpc) is 2.16. The lowest BCUT2D eigenvalue weighted by Crippen LogP contribution is -2.52. The molecule has 0 aromatic rings. The molecule has 0 spiro atoms. The first kappa shape index (κ1) is 10.1. The van der Waals surface area contributed by atoms with Crippen molar-refractivity contribution >= 4 is 5.71 Å². The second kappa shape index (κ2) is 3.05. The summed E-state index contributed by atoms with van der Waals surface area (Å²) in [7, 11) is 0. The number of hydrogen-bond acceptors (Lipinski definition) is 4. The van der Waals surface area contributed by atoms with Crippen LogP contribution in [0.1, 0.15) is 26.7 Å². The zero-order valence-electron chi connectivity index (χ0n) is 8.80. The summed E-state index contributed by atoms with van der Waals surface area (Å²) in [5.74, 6) is 0.671. The summed E-state index contributed by atoms with van der Waals surface area (Å²) >= 11 is 0. The van der Waals surface area contributed by atoms with Gasteiger partial charge >= 0.3 is 0 Å². The Bertz CT molecular complexity index is 371. The quantitative estimate of drug-likeness (QED) is 0.408. The molecule has 15 heavy (non-hydrogen) atoms. The minimum Gasteiger partial charge on any atom is -0.411 e. The maximum Gasteiger partial charge on any atom is 0.239 e. The Morgan fingerprint density at radius 2 is 2.33 bits per heavy atom. The van der Waals surface area contributed by atoms with Gasteiger partial charge in [0.25, 0.3) is 0 Å². The zero-order chi connectivity index (χ0) is 11.2. The molecule has 0 aromatic carbocycles. The molecule has 2 unspecified atom stereocenters. The fourth-order valence-electron chi connectivity index (χ4n) is 2.82. The van der Waals surface area contributed by atoms with Crippen LogP contribution in [0, 0.1) is 27.4 Å². The van der Waals surface area contributed by atoms with Crippen LogP contribution in [-0.4, -0.2) is 15.8 Å². The molecule has 3 aliphatic carbocycles. The van der Waals surface area contributed by atoms with Crippen LogP contribution in [0.25, 0.3) is 0 Å². The highest BCUT2D eigenvalue weighted by molar-refractivity contribution is 6.02. The van der Waals surface area contributed by atoms with E-state index in [-0.39, 0.29) is 11.3 Å². The van der Waals surface area contributed by atoms with Crippen molar-refractivity contribution in [1.82, 2.24) is 0 Å². The van der Waals surface area contributed by atoms with E-state index in [1.54, 1.807) is 0 Å². The number of hydrogen-bond donors (Lipinski definition) is 1. The van der Waals surface area contributed by atoms with Gasteiger partial charge in [0.1, 0.15) is 0 Å². The zero-order valence-corrected chi connectivity index (χ0v) is 8.80. The van der Waals surface area contributed by atoms with Crippen LogP contribution in [0.2, 0.25) is 0 Å². The molecule has 3 aliphatic rings. The number of fused-ring (bicyclic) bond motifs is 2. The molecule has 0 saturated heterocycles. The third kappa shape index (κ3) is 1.33. The van der Waals surface area contributed by atoms with Gasteiger partial charge in [0.15, 0.2) is 0 Å². The van der Waals surface area contributed by atoms with Crippen LogP contribution in [0.15, 0.2) is 16.9 Å². The molecule has 3 saturated carbocycles. The Hall–Kier alpha value is -1.39. The molecule has 3 fully saturated rings. The summed E-state index contributed by atoms with van der Waals surface area (Å²) in [4.78, 5) is 10.0. The van der Waals surface area contributed by atoms with Gasteiger partial charge in [0.05, 0.1) is 16.2 Å². The molecule has 5 heteroatoms. The van der Waals surface area contributed by atoms with E-state index in [1.807, 2.05) is 0 Å². The van der Waals surface area contributed by atoms with Gasteiger partial charge < -0.3 is 5.21 Å². The fourth-order valence-corrected chi connectivity index (χ4v) is 2.82. The number of nitrogens with zero attached hydrogens (tertiary/aromatic N) is 2. The molecular formula is C10H14N2O3. The molecule has 0 radical (unpaired) electrons. The third-order valence-corrected chi connectivity index (χ3v) is 3.98. The second-order valence-electron chi connectivity index (χ2n) is 4.93. The van der Waals surface area contributed by atoms with Crippen molar-refractivity contribution in [3.63, 3.8) is 0 Å². The van der Waals surface area contributed by atoms with E-state index in [9.17, 15) is 10.1 Å². The Kier molecular flexibility index (Phi) is 2.06. The van der Waals surface area contributed by atoms with Gasteiger partial charge in [-0.3, -0.25) is 10.1 Å². The summed E-state index contributed by atoms with van der Waals surface area (Å²) < 4.78 is 0. The van der Waals surface area contributed by atoms with Gasteiger partial charge in [-0.15, -0.1) is 0 Å². The molecule has 0 heterocycles. The van der Waals surface area contributed by atoms with Crippen molar-refractivity contribution in [2.75, 3.05) is 0 Å². The summed E-state index contributed by atoms with van der Waals surface area (Å²) in [6, 6.07) is 0. The van der Waals surface area contributed by atoms with Crippen molar-refractivity contribution < 1.29 is 10.1 Å². The van der Waals surface area contributed by atoms with Crippen LogP contribution in [0.3, 0.4) is 0 Å². The summed E-state index contributed by atoms with van der Waals surface area (Å²) in [5, 5.41) is 22.5. The van der Waals surface area contributed by atoms with E-state index in [4.69, 9.17) is 5.21 Å². The van der Waals surface area contributed by atoms with Crippen LogP contribution < -0.4 is 0 Å². The lowest BCUT2D eigenvalue weighted by molar-refractivity contribution is -0.404. The largest absolute Gasteiger partial charge is 0.411 e. The second-order valence-corrected chi connectivity index (χ2v) is 4.93. The molecular weight excluding hydrogens is 196 g/mol. The summed E-state index contributed by atoms with van der Waals surface area (Å²) in [5.41, 5.74) is 1.21. The number of rotatable bonds is 1. The van der Waals surface area contributed by atoms with Gasteiger partial charge in [-0.05, 0) is 30.1 Å². The number of oxime groups is 1. The monoisotopic (exact) mass is 210 g/mol. The predicted octanol–water partition coefficient (Wildman–Crippen LogP) is 2.04. The first-order valence-electron chi connectivity index (χ1n) is 5.03. The Labute approximate surface area is 87.6 Å². The van der Waals surface area contributed by atoms with Crippen LogP contribution >= 0.6 is 0 Å². The van der Waals surface area contributed by atoms with Gasteiger partial charge in [0.2, 0.25) is 6.20 Å². The lowest BCUT2D eigenvalue weighted by Gasteiger charge is -2.56. The van der Waals surface area contributed by atoms with Gasteiger partial charge in [-0.25, -0.2) is 0 Å². The molecule has 5 nitrogen and oxygen atoms in total. The summed E-state index contributed by atoms with van der Waals surface area (Å²) in [6.07, 6.45) is 2.63. The van der Waals surface area contributed by atoms with E-state index in [0.717, 1.165) is 12.6 Å².